The van der Waals surface area contributed by atoms with E-state index in [1.807, 2.05) is 0 Å². The minimum Gasteiger partial charge on any atom is -0.354 e. The minimum absolute atomic E-state index is 0.941. The lowest BCUT2D eigenvalue weighted by molar-refractivity contribution is 1.01. The van der Waals surface area contributed by atoms with Crippen molar-refractivity contribution >= 4 is 65.4 Å². The van der Waals surface area contributed by atoms with E-state index in [0.29, 0.717) is 0 Å². The molecule has 7 aromatic carbocycles. The first-order chi connectivity index (χ1) is 26.1. The zero-order valence-corrected chi connectivity index (χ0v) is 29.4. The molecule has 11 rings (SSSR count). The van der Waals surface area contributed by atoms with Crippen LogP contribution in [-0.4, -0.2) is 19.1 Å². The largest absolute Gasteiger partial charge is 0.354 e. The van der Waals surface area contributed by atoms with Crippen molar-refractivity contribution in [1.29, 1.82) is 0 Å². The van der Waals surface area contributed by atoms with Gasteiger partial charge in [-0.3, -0.25) is 0 Å². The van der Waals surface area contributed by atoms with Crippen LogP contribution in [0.15, 0.2) is 164 Å². The molecule has 0 aliphatic carbocycles. The van der Waals surface area contributed by atoms with Crippen LogP contribution in [0.3, 0.4) is 0 Å². The van der Waals surface area contributed by atoms with Crippen LogP contribution in [0.4, 0.5) is 0 Å². The van der Waals surface area contributed by atoms with Gasteiger partial charge in [0, 0.05) is 85.1 Å². The summed E-state index contributed by atoms with van der Waals surface area (Å²) in [4.78, 5) is 9.04. The molecular formula is C49H34N4. The number of aromatic nitrogens is 4. The van der Waals surface area contributed by atoms with Gasteiger partial charge in [-0.15, -0.1) is 0 Å². The lowest BCUT2D eigenvalue weighted by atomic mass is 9.93. The summed E-state index contributed by atoms with van der Waals surface area (Å²) in [7, 11) is 4.31. The highest BCUT2D eigenvalue weighted by atomic mass is 14.9. The molecule has 0 amide bonds. The maximum Gasteiger partial charge on any atom is 0.0730 e. The molecule has 53 heavy (non-hydrogen) atoms. The second kappa shape index (κ2) is 11.3. The van der Waals surface area contributed by atoms with E-state index in [4.69, 9.17) is 4.98 Å². The fourth-order valence-corrected chi connectivity index (χ4v) is 8.64. The monoisotopic (exact) mass is 678 g/mol. The Bertz CT molecular complexity index is 3120. The standard InChI is InChI=1S/C49H34N4/c1-52-45-19-7-4-12-36(45)40-28-30(21-23-47(40)52)32-25-33(31-22-24-48-41(29-31)37-13-5-8-20-46(37)53(48)2)27-34(26-32)42-17-10-18-44(50-42)39-15-9-14-38-35-11-3-6-16-43(35)51-49(38)39/h3-29,51H,1-2H3. The normalized spacial score (nSPS) is 12.0. The molecule has 0 radical (unpaired) electrons. The Morgan fingerprint density at radius 1 is 0.377 bits per heavy atom. The number of aryl methyl sites for hydroxylation is 2. The predicted molar refractivity (Wildman–Crippen MR) is 223 cm³/mol. The van der Waals surface area contributed by atoms with Crippen molar-refractivity contribution in [2.75, 3.05) is 0 Å². The predicted octanol–water partition coefficient (Wildman–Crippen LogP) is 12.7. The molecule has 4 heteroatoms. The number of fused-ring (bicyclic) bond motifs is 9. The summed E-state index contributed by atoms with van der Waals surface area (Å²) in [6.45, 7) is 0. The molecule has 0 aliphatic rings. The molecule has 4 heterocycles. The van der Waals surface area contributed by atoms with Gasteiger partial charge < -0.3 is 14.1 Å². The van der Waals surface area contributed by atoms with E-state index in [2.05, 4.69) is 192 Å². The van der Waals surface area contributed by atoms with E-state index < -0.39 is 0 Å². The van der Waals surface area contributed by atoms with Crippen molar-refractivity contribution in [3.05, 3.63) is 164 Å². The highest BCUT2D eigenvalue weighted by Crippen LogP contribution is 2.39. The first kappa shape index (κ1) is 29.8. The average molecular weight is 679 g/mol. The summed E-state index contributed by atoms with van der Waals surface area (Å²) in [5, 5.41) is 7.49. The van der Waals surface area contributed by atoms with Gasteiger partial charge in [-0.2, -0.15) is 0 Å². The van der Waals surface area contributed by atoms with Crippen LogP contribution < -0.4 is 0 Å². The second-order valence-electron chi connectivity index (χ2n) is 14.2. The zero-order valence-electron chi connectivity index (χ0n) is 29.4. The number of nitrogens with one attached hydrogen (secondary N) is 1. The Kier molecular flexibility index (Phi) is 6.35. The number of para-hydroxylation sites is 4. The number of aromatic amines is 1. The topological polar surface area (TPSA) is 38.5 Å². The van der Waals surface area contributed by atoms with Crippen LogP contribution in [0.5, 0.6) is 0 Å². The maximum absolute atomic E-state index is 5.36. The van der Waals surface area contributed by atoms with Crippen molar-refractivity contribution in [2.45, 2.75) is 0 Å². The third-order valence-electron chi connectivity index (χ3n) is 11.3. The Morgan fingerprint density at radius 2 is 0.887 bits per heavy atom. The third-order valence-corrected chi connectivity index (χ3v) is 11.3. The lowest BCUT2D eigenvalue weighted by Crippen LogP contribution is -1.92. The molecule has 250 valence electrons. The summed E-state index contributed by atoms with van der Waals surface area (Å²) < 4.78 is 4.58. The van der Waals surface area contributed by atoms with Crippen molar-refractivity contribution in [3.63, 3.8) is 0 Å². The fraction of sp³-hybridized carbons (Fsp3) is 0.0408. The lowest BCUT2D eigenvalue weighted by Gasteiger charge is -2.13. The number of hydrogen-bond donors (Lipinski definition) is 1. The van der Waals surface area contributed by atoms with Gasteiger partial charge in [-0.05, 0) is 95.1 Å². The molecule has 0 unspecified atom stereocenters. The van der Waals surface area contributed by atoms with Gasteiger partial charge in [0.15, 0.2) is 0 Å². The smallest absolute Gasteiger partial charge is 0.0730 e. The second-order valence-corrected chi connectivity index (χ2v) is 14.2. The molecule has 1 N–H and O–H groups in total. The van der Waals surface area contributed by atoms with E-state index in [9.17, 15) is 0 Å². The van der Waals surface area contributed by atoms with Gasteiger partial charge in [-0.1, -0.05) is 91.0 Å². The molecule has 0 saturated heterocycles. The van der Waals surface area contributed by atoms with Gasteiger partial charge in [0.1, 0.15) is 0 Å². The summed E-state index contributed by atoms with van der Waals surface area (Å²) >= 11 is 0. The van der Waals surface area contributed by atoms with Gasteiger partial charge in [0.2, 0.25) is 0 Å². The Morgan fingerprint density at radius 3 is 1.55 bits per heavy atom. The molecule has 4 aromatic heterocycles. The van der Waals surface area contributed by atoms with E-state index in [-0.39, 0.29) is 0 Å². The number of benzene rings is 7. The molecule has 0 fully saturated rings. The van der Waals surface area contributed by atoms with E-state index in [1.54, 1.807) is 0 Å². The van der Waals surface area contributed by atoms with E-state index in [0.717, 1.165) is 44.7 Å². The Labute approximate surface area is 306 Å². The number of hydrogen-bond acceptors (Lipinski definition) is 1. The average Bonchev–Trinajstić information content (AvgIpc) is 3.84. The fourth-order valence-electron chi connectivity index (χ4n) is 8.64. The Balaban J connectivity index is 1.12. The first-order valence-corrected chi connectivity index (χ1v) is 18.2. The van der Waals surface area contributed by atoms with Gasteiger partial charge in [0.05, 0.1) is 16.9 Å². The summed E-state index contributed by atoms with van der Waals surface area (Å²) in [5.74, 6) is 0. The number of rotatable bonds is 4. The quantitative estimate of drug-likeness (QED) is 0.198. The van der Waals surface area contributed by atoms with Crippen molar-refractivity contribution < 1.29 is 0 Å². The van der Waals surface area contributed by atoms with Crippen LogP contribution in [0.2, 0.25) is 0 Å². The molecule has 0 spiro atoms. The van der Waals surface area contributed by atoms with Gasteiger partial charge in [-0.25, -0.2) is 4.98 Å². The molecule has 0 aliphatic heterocycles. The molecule has 0 atom stereocenters. The summed E-state index contributed by atoms with van der Waals surface area (Å²) in [6, 6.07) is 59.5. The van der Waals surface area contributed by atoms with Gasteiger partial charge >= 0.3 is 0 Å². The van der Waals surface area contributed by atoms with E-state index >= 15 is 0 Å². The molecular weight excluding hydrogens is 645 g/mol. The molecule has 0 saturated carbocycles. The molecule has 0 bridgehead atoms. The minimum atomic E-state index is 0.941. The van der Waals surface area contributed by atoms with Crippen molar-refractivity contribution in [3.8, 4) is 44.8 Å². The number of pyridine rings is 1. The van der Waals surface area contributed by atoms with Crippen LogP contribution >= 0.6 is 0 Å². The van der Waals surface area contributed by atoms with Gasteiger partial charge in [0.25, 0.3) is 0 Å². The Hall–Kier alpha value is -6.91. The van der Waals surface area contributed by atoms with Crippen LogP contribution in [-0.2, 0) is 14.1 Å². The third kappa shape index (κ3) is 4.52. The highest BCUT2D eigenvalue weighted by Gasteiger charge is 2.16. The van der Waals surface area contributed by atoms with E-state index in [1.165, 1.54) is 65.5 Å². The summed E-state index contributed by atoms with van der Waals surface area (Å²) in [6.07, 6.45) is 0. The SMILES string of the molecule is Cn1c2ccccc2c2cc(-c3cc(-c4ccc5c(c4)c4ccccc4n5C)cc(-c4cccc(-c5cccc6c5[nH]c5ccccc56)n4)c3)ccc21. The van der Waals surface area contributed by atoms with Crippen molar-refractivity contribution in [1.82, 2.24) is 19.1 Å². The molecule has 4 nitrogen and oxygen atoms in total. The summed E-state index contributed by atoms with van der Waals surface area (Å²) in [5.41, 5.74) is 15.9. The zero-order chi connectivity index (χ0) is 35.2. The van der Waals surface area contributed by atoms with Crippen LogP contribution in [0.1, 0.15) is 0 Å². The van der Waals surface area contributed by atoms with Crippen LogP contribution in [0.25, 0.3) is 110 Å². The molecule has 11 aromatic rings. The van der Waals surface area contributed by atoms with Crippen molar-refractivity contribution in [2.24, 2.45) is 14.1 Å². The first-order valence-electron chi connectivity index (χ1n) is 18.2. The van der Waals surface area contributed by atoms with Crippen LogP contribution in [0, 0.1) is 0 Å². The number of nitrogens with zero attached hydrogens (tertiary/aromatic N) is 3. The highest BCUT2D eigenvalue weighted by molar-refractivity contribution is 6.12. The maximum atomic E-state index is 5.36. The number of H-pyrrole nitrogens is 1.